The van der Waals surface area contributed by atoms with Gasteiger partial charge in [-0.3, -0.25) is 4.99 Å². The third kappa shape index (κ3) is 4.10. The van der Waals surface area contributed by atoms with Crippen molar-refractivity contribution in [2.45, 2.75) is 6.42 Å². The van der Waals surface area contributed by atoms with E-state index in [4.69, 9.17) is 17.3 Å². The number of hydrogen-bond acceptors (Lipinski definition) is 6. The summed E-state index contributed by atoms with van der Waals surface area (Å²) in [7, 11) is 0. The van der Waals surface area contributed by atoms with Crippen LogP contribution in [-0.2, 0) is 0 Å². The molecule has 0 radical (unpaired) electrons. The van der Waals surface area contributed by atoms with Crippen molar-refractivity contribution in [1.82, 2.24) is 14.9 Å². The predicted octanol–water partition coefficient (Wildman–Crippen LogP) is 2.53. The van der Waals surface area contributed by atoms with Crippen LogP contribution in [0.25, 0.3) is 11.1 Å². The normalized spacial score (nSPS) is 13.5. The van der Waals surface area contributed by atoms with Crippen molar-refractivity contribution in [3.63, 3.8) is 0 Å². The van der Waals surface area contributed by atoms with Gasteiger partial charge in [0.2, 0.25) is 5.95 Å². The number of rotatable bonds is 6. The van der Waals surface area contributed by atoms with E-state index in [2.05, 4.69) is 25.2 Å². The Hall–Kier alpha value is -2.34. The van der Waals surface area contributed by atoms with E-state index in [0.29, 0.717) is 5.02 Å². The average Bonchev–Trinajstić information content (AvgIpc) is 3.05. The van der Waals surface area contributed by atoms with Crippen LogP contribution in [0.3, 0.4) is 0 Å². The molecule has 1 aliphatic heterocycles. The molecule has 0 bridgehead atoms. The van der Waals surface area contributed by atoms with Gasteiger partial charge in [-0.05, 0) is 24.1 Å². The Morgan fingerprint density at radius 1 is 1.35 bits per heavy atom. The highest BCUT2D eigenvalue weighted by Gasteiger charge is 2.09. The maximum absolute atomic E-state index is 6.07. The summed E-state index contributed by atoms with van der Waals surface area (Å²) < 4.78 is 0. The van der Waals surface area contributed by atoms with E-state index in [9.17, 15) is 0 Å². The summed E-state index contributed by atoms with van der Waals surface area (Å²) in [6.07, 6.45) is 4.63. The summed E-state index contributed by atoms with van der Waals surface area (Å²) >= 11 is 6.07. The van der Waals surface area contributed by atoms with Gasteiger partial charge in [0.1, 0.15) is 5.82 Å². The van der Waals surface area contributed by atoms with Crippen molar-refractivity contribution < 1.29 is 0 Å². The third-order valence-corrected chi connectivity index (χ3v) is 3.85. The molecule has 0 fully saturated rings. The van der Waals surface area contributed by atoms with E-state index in [-0.39, 0.29) is 5.95 Å². The fourth-order valence-corrected chi connectivity index (χ4v) is 2.66. The molecule has 1 aromatic carbocycles. The van der Waals surface area contributed by atoms with Crippen LogP contribution in [-0.4, -0.2) is 47.4 Å². The molecule has 0 saturated carbocycles. The first kappa shape index (κ1) is 15.6. The lowest BCUT2D eigenvalue weighted by atomic mass is 10.1. The van der Waals surface area contributed by atoms with Crippen molar-refractivity contribution in [2.24, 2.45) is 4.99 Å². The zero-order chi connectivity index (χ0) is 16.1. The van der Waals surface area contributed by atoms with E-state index in [1.807, 2.05) is 30.6 Å². The van der Waals surface area contributed by atoms with Gasteiger partial charge in [0, 0.05) is 36.4 Å². The summed E-state index contributed by atoms with van der Waals surface area (Å²) in [4.78, 5) is 14.8. The van der Waals surface area contributed by atoms with Crippen molar-refractivity contribution in [3.8, 4) is 11.1 Å². The van der Waals surface area contributed by atoms with Gasteiger partial charge in [0.05, 0.1) is 12.9 Å². The Kier molecular flexibility index (Phi) is 4.92. The van der Waals surface area contributed by atoms with Gasteiger partial charge in [-0.2, -0.15) is 4.98 Å². The lowest BCUT2D eigenvalue weighted by Crippen LogP contribution is -2.22. The standard InChI is InChI=1S/C16H19ClN6/c17-13-4-1-3-12(9-13)14-10-21-16(18)22-15(14)20-5-2-7-23-8-6-19-11-23/h1,3-4,9-11H,2,5-8H2,(H3,18,20,21,22). The quantitative estimate of drug-likeness (QED) is 0.796. The first-order valence-corrected chi connectivity index (χ1v) is 7.96. The Morgan fingerprint density at radius 2 is 2.26 bits per heavy atom. The minimum Gasteiger partial charge on any atom is -0.369 e. The average molecular weight is 331 g/mol. The molecule has 2 aromatic rings. The first-order valence-electron chi connectivity index (χ1n) is 7.59. The van der Waals surface area contributed by atoms with Gasteiger partial charge in [-0.25, -0.2) is 4.98 Å². The highest BCUT2D eigenvalue weighted by Crippen LogP contribution is 2.28. The van der Waals surface area contributed by atoms with Gasteiger partial charge in [-0.1, -0.05) is 23.7 Å². The molecule has 0 unspecified atom stereocenters. The molecule has 23 heavy (non-hydrogen) atoms. The van der Waals surface area contributed by atoms with E-state index in [1.54, 1.807) is 6.20 Å². The van der Waals surface area contributed by atoms with Crippen molar-refractivity contribution >= 4 is 29.7 Å². The predicted molar refractivity (Wildman–Crippen MR) is 94.9 cm³/mol. The number of anilines is 2. The first-order chi connectivity index (χ1) is 11.2. The molecule has 0 saturated heterocycles. The molecule has 1 aliphatic rings. The molecule has 0 atom stereocenters. The minimum atomic E-state index is 0.255. The summed E-state index contributed by atoms with van der Waals surface area (Å²) in [6.45, 7) is 3.68. The molecule has 1 aromatic heterocycles. The van der Waals surface area contributed by atoms with Gasteiger partial charge >= 0.3 is 0 Å². The maximum Gasteiger partial charge on any atom is 0.221 e. The van der Waals surface area contributed by atoms with Crippen LogP contribution < -0.4 is 11.1 Å². The Morgan fingerprint density at radius 3 is 3.04 bits per heavy atom. The molecule has 0 aliphatic carbocycles. The number of nitrogen functional groups attached to an aromatic ring is 1. The number of hydrogen-bond donors (Lipinski definition) is 2. The van der Waals surface area contributed by atoms with E-state index in [1.165, 1.54) is 0 Å². The second-order valence-corrected chi connectivity index (χ2v) is 5.78. The fourth-order valence-electron chi connectivity index (χ4n) is 2.47. The number of benzene rings is 1. The summed E-state index contributed by atoms with van der Waals surface area (Å²) in [5.74, 6) is 0.986. The number of aliphatic imine (C=N–C) groups is 1. The van der Waals surface area contributed by atoms with Crippen molar-refractivity contribution in [1.29, 1.82) is 0 Å². The largest absolute Gasteiger partial charge is 0.369 e. The fraction of sp³-hybridized carbons (Fsp3) is 0.312. The van der Waals surface area contributed by atoms with Crippen LogP contribution >= 0.6 is 11.6 Å². The summed E-state index contributed by atoms with van der Waals surface area (Å²) in [5, 5.41) is 4.03. The van der Waals surface area contributed by atoms with Crippen molar-refractivity contribution in [3.05, 3.63) is 35.5 Å². The molecule has 3 N–H and O–H groups in total. The molecule has 7 heteroatoms. The zero-order valence-corrected chi connectivity index (χ0v) is 13.5. The second-order valence-electron chi connectivity index (χ2n) is 5.34. The van der Waals surface area contributed by atoms with Gasteiger partial charge < -0.3 is 16.0 Å². The Bertz CT molecular complexity index is 703. The van der Waals surface area contributed by atoms with Crippen LogP contribution in [0.4, 0.5) is 11.8 Å². The van der Waals surface area contributed by atoms with E-state index < -0.39 is 0 Å². The molecule has 2 heterocycles. The monoisotopic (exact) mass is 330 g/mol. The summed E-state index contributed by atoms with van der Waals surface area (Å²) in [6, 6.07) is 7.62. The number of nitrogens with two attached hydrogens (primary N) is 1. The van der Waals surface area contributed by atoms with Gasteiger partial charge in [-0.15, -0.1) is 0 Å². The Balaban J connectivity index is 1.68. The topological polar surface area (TPSA) is 79.4 Å². The van der Waals surface area contributed by atoms with E-state index in [0.717, 1.165) is 49.5 Å². The van der Waals surface area contributed by atoms with Gasteiger partial charge in [0.15, 0.2) is 0 Å². The maximum atomic E-state index is 6.07. The van der Waals surface area contributed by atoms with Gasteiger partial charge in [0.25, 0.3) is 0 Å². The van der Waals surface area contributed by atoms with Crippen LogP contribution in [0, 0.1) is 0 Å². The number of halogens is 1. The molecule has 0 amide bonds. The number of nitrogens with zero attached hydrogens (tertiary/aromatic N) is 4. The smallest absolute Gasteiger partial charge is 0.221 e. The molecular formula is C16H19ClN6. The van der Waals surface area contributed by atoms with Crippen molar-refractivity contribution in [2.75, 3.05) is 37.2 Å². The van der Waals surface area contributed by atoms with Crippen LogP contribution in [0.15, 0.2) is 35.5 Å². The molecular weight excluding hydrogens is 312 g/mol. The SMILES string of the molecule is Nc1ncc(-c2cccc(Cl)c2)c(NCCCN2C=NCC2)n1. The molecule has 0 spiro atoms. The number of aromatic nitrogens is 2. The third-order valence-electron chi connectivity index (χ3n) is 3.62. The lowest BCUT2D eigenvalue weighted by molar-refractivity contribution is 0.461. The summed E-state index contributed by atoms with van der Waals surface area (Å²) in [5.41, 5.74) is 7.58. The Labute approximate surface area is 140 Å². The highest BCUT2D eigenvalue weighted by molar-refractivity contribution is 6.30. The number of nitrogens with one attached hydrogen (secondary N) is 1. The second kappa shape index (κ2) is 7.28. The zero-order valence-electron chi connectivity index (χ0n) is 12.7. The highest BCUT2D eigenvalue weighted by atomic mass is 35.5. The lowest BCUT2D eigenvalue weighted by Gasteiger charge is -2.15. The van der Waals surface area contributed by atoms with Crippen LogP contribution in [0.2, 0.25) is 5.02 Å². The molecule has 6 nitrogen and oxygen atoms in total. The molecule has 3 rings (SSSR count). The van der Waals surface area contributed by atoms with E-state index >= 15 is 0 Å². The minimum absolute atomic E-state index is 0.255. The molecule has 120 valence electrons. The van der Waals surface area contributed by atoms with Crippen LogP contribution in [0.1, 0.15) is 6.42 Å². The van der Waals surface area contributed by atoms with Crippen LogP contribution in [0.5, 0.6) is 0 Å².